The van der Waals surface area contributed by atoms with Crippen LogP contribution in [0.2, 0.25) is 0 Å². The summed E-state index contributed by atoms with van der Waals surface area (Å²) in [6.07, 6.45) is 2.55. The van der Waals surface area contributed by atoms with Gasteiger partial charge in [0.05, 0.1) is 18.4 Å². The van der Waals surface area contributed by atoms with E-state index in [9.17, 15) is 4.79 Å². The van der Waals surface area contributed by atoms with Crippen molar-refractivity contribution in [2.24, 2.45) is 0 Å². The molecule has 3 rings (SSSR count). The molecule has 1 aromatic heterocycles. The van der Waals surface area contributed by atoms with E-state index in [0.717, 1.165) is 27.8 Å². The van der Waals surface area contributed by atoms with Crippen molar-refractivity contribution in [3.63, 3.8) is 0 Å². The largest absolute Gasteiger partial charge is 0.497 e. The molecule has 0 bridgehead atoms. The van der Waals surface area contributed by atoms with E-state index in [1.165, 1.54) is 0 Å². The fourth-order valence-corrected chi connectivity index (χ4v) is 2.44. The lowest BCUT2D eigenvalue weighted by atomic mass is 10.1. The van der Waals surface area contributed by atoms with E-state index in [2.05, 4.69) is 21.0 Å². The number of carbonyl (C=O) groups is 1. The van der Waals surface area contributed by atoms with Crippen molar-refractivity contribution < 1.29 is 9.53 Å². The SMILES string of the molecule is COc1ccc(-n2cc(C=O)c(-c3ccc(Br)cc3)n2)cc1. The predicted octanol–water partition coefficient (Wildman–Crippen LogP) is 4.12. The molecule has 0 unspecified atom stereocenters. The number of ether oxygens (including phenoxy) is 1. The van der Waals surface area contributed by atoms with Gasteiger partial charge in [-0.1, -0.05) is 28.1 Å². The molecular weight excluding hydrogens is 344 g/mol. The van der Waals surface area contributed by atoms with Crippen molar-refractivity contribution in [3.05, 3.63) is 64.8 Å². The van der Waals surface area contributed by atoms with E-state index in [1.54, 1.807) is 18.0 Å². The Hall–Kier alpha value is -2.40. The molecule has 0 aliphatic heterocycles. The molecule has 0 fully saturated rings. The number of methoxy groups -OCH3 is 1. The highest BCUT2D eigenvalue weighted by atomic mass is 79.9. The highest BCUT2D eigenvalue weighted by molar-refractivity contribution is 9.10. The van der Waals surface area contributed by atoms with Crippen LogP contribution in [0.1, 0.15) is 10.4 Å². The Morgan fingerprint density at radius 1 is 1.09 bits per heavy atom. The van der Waals surface area contributed by atoms with Gasteiger partial charge in [-0.05, 0) is 36.4 Å². The Labute approximate surface area is 136 Å². The monoisotopic (exact) mass is 356 g/mol. The summed E-state index contributed by atoms with van der Waals surface area (Å²) in [5.74, 6) is 0.777. The van der Waals surface area contributed by atoms with Crippen LogP contribution in [0.4, 0.5) is 0 Å². The van der Waals surface area contributed by atoms with Crippen LogP contribution in [-0.2, 0) is 0 Å². The molecule has 0 aliphatic rings. The van der Waals surface area contributed by atoms with Crippen molar-refractivity contribution in [1.82, 2.24) is 9.78 Å². The second kappa shape index (κ2) is 6.15. The number of halogens is 1. The Morgan fingerprint density at radius 3 is 2.36 bits per heavy atom. The maximum Gasteiger partial charge on any atom is 0.153 e. The molecular formula is C17H13BrN2O2. The summed E-state index contributed by atoms with van der Waals surface area (Å²) in [6.45, 7) is 0. The number of nitrogens with zero attached hydrogens (tertiary/aromatic N) is 2. The third-order valence-corrected chi connectivity index (χ3v) is 3.85. The molecule has 0 amide bonds. The predicted molar refractivity (Wildman–Crippen MR) is 88.6 cm³/mol. The first kappa shape index (κ1) is 14.5. The zero-order valence-corrected chi connectivity index (χ0v) is 13.4. The van der Waals surface area contributed by atoms with E-state index in [4.69, 9.17) is 4.74 Å². The molecule has 1 heterocycles. The lowest BCUT2D eigenvalue weighted by Gasteiger charge is -2.03. The average molecular weight is 357 g/mol. The van der Waals surface area contributed by atoms with Gasteiger partial charge in [-0.25, -0.2) is 4.68 Å². The number of benzene rings is 2. The number of aldehydes is 1. The van der Waals surface area contributed by atoms with Crippen molar-refractivity contribution in [2.45, 2.75) is 0 Å². The highest BCUT2D eigenvalue weighted by Gasteiger charge is 2.11. The van der Waals surface area contributed by atoms with Gasteiger partial charge in [-0.15, -0.1) is 0 Å². The minimum atomic E-state index is 0.554. The molecule has 0 saturated carbocycles. The summed E-state index contributed by atoms with van der Waals surface area (Å²) < 4.78 is 7.83. The Morgan fingerprint density at radius 2 is 1.77 bits per heavy atom. The molecule has 0 spiro atoms. The molecule has 2 aromatic carbocycles. The Kier molecular flexibility index (Phi) is 4.06. The van der Waals surface area contributed by atoms with E-state index in [1.807, 2.05) is 48.5 Å². The molecule has 0 aliphatic carbocycles. The maximum atomic E-state index is 11.3. The fraction of sp³-hybridized carbons (Fsp3) is 0.0588. The van der Waals surface area contributed by atoms with Gasteiger partial charge in [0.15, 0.2) is 6.29 Å². The molecule has 0 N–H and O–H groups in total. The summed E-state index contributed by atoms with van der Waals surface area (Å²) in [7, 11) is 1.62. The van der Waals surface area contributed by atoms with Gasteiger partial charge in [0, 0.05) is 16.2 Å². The third-order valence-electron chi connectivity index (χ3n) is 3.32. The van der Waals surface area contributed by atoms with Crippen LogP contribution in [0.25, 0.3) is 16.9 Å². The zero-order chi connectivity index (χ0) is 15.5. The number of hydrogen-bond acceptors (Lipinski definition) is 3. The zero-order valence-electron chi connectivity index (χ0n) is 11.9. The standard InChI is InChI=1S/C17H13BrN2O2/c1-22-16-8-6-15(7-9-16)20-10-13(11-21)17(19-20)12-2-4-14(18)5-3-12/h2-11H,1H3. The first-order chi connectivity index (χ1) is 10.7. The van der Waals surface area contributed by atoms with Gasteiger partial charge in [0.2, 0.25) is 0 Å². The fourth-order valence-electron chi connectivity index (χ4n) is 2.17. The summed E-state index contributed by atoms with van der Waals surface area (Å²) >= 11 is 3.40. The second-order valence-electron chi connectivity index (χ2n) is 4.70. The quantitative estimate of drug-likeness (QED) is 0.660. The van der Waals surface area contributed by atoms with Crippen LogP contribution in [0, 0.1) is 0 Å². The van der Waals surface area contributed by atoms with Gasteiger partial charge in [-0.3, -0.25) is 4.79 Å². The van der Waals surface area contributed by atoms with Crippen LogP contribution in [0.3, 0.4) is 0 Å². The highest BCUT2D eigenvalue weighted by Crippen LogP contribution is 2.24. The number of rotatable bonds is 4. The number of carbonyl (C=O) groups excluding carboxylic acids is 1. The van der Waals surface area contributed by atoms with Gasteiger partial charge in [-0.2, -0.15) is 5.10 Å². The van der Waals surface area contributed by atoms with E-state index in [-0.39, 0.29) is 0 Å². The lowest BCUT2D eigenvalue weighted by Crippen LogP contribution is -1.95. The summed E-state index contributed by atoms with van der Waals surface area (Å²) in [5, 5.41) is 4.54. The van der Waals surface area contributed by atoms with Crippen molar-refractivity contribution in [3.8, 4) is 22.7 Å². The minimum absolute atomic E-state index is 0.554. The van der Waals surface area contributed by atoms with Crippen LogP contribution < -0.4 is 4.74 Å². The summed E-state index contributed by atoms with van der Waals surface area (Å²) in [6, 6.07) is 15.2. The lowest BCUT2D eigenvalue weighted by molar-refractivity contribution is 0.112. The van der Waals surface area contributed by atoms with Crippen LogP contribution in [-0.4, -0.2) is 23.2 Å². The summed E-state index contributed by atoms with van der Waals surface area (Å²) in [4.78, 5) is 11.3. The molecule has 0 radical (unpaired) electrons. The van der Waals surface area contributed by atoms with Crippen LogP contribution in [0.5, 0.6) is 5.75 Å². The van der Waals surface area contributed by atoms with Crippen molar-refractivity contribution in [1.29, 1.82) is 0 Å². The van der Waals surface area contributed by atoms with Gasteiger partial charge >= 0.3 is 0 Å². The third kappa shape index (κ3) is 2.80. The molecule has 22 heavy (non-hydrogen) atoms. The maximum absolute atomic E-state index is 11.3. The smallest absolute Gasteiger partial charge is 0.153 e. The van der Waals surface area contributed by atoms with Gasteiger partial charge in [0.1, 0.15) is 11.4 Å². The van der Waals surface area contributed by atoms with Crippen molar-refractivity contribution in [2.75, 3.05) is 7.11 Å². The average Bonchev–Trinajstić information content (AvgIpc) is 3.00. The van der Waals surface area contributed by atoms with Gasteiger partial charge in [0.25, 0.3) is 0 Å². The van der Waals surface area contributed by atoms with Crippen LogP contribution >= 0.6 is 15.9 Å². The molecule has 5 heteroatoms. The molecule has 4 nitrogen and oxygen atoms in total. The second-order valence-corrected chi connectivity index (χ2v) is 5.62. The minimum Gasteiger partial charge on any atom is -0.497 e. The first-order valence-corrected chi connectivity index (χ1v) is 7.46. The number of hydrogen-bond donors (Lipinski definition) is 0. The van der Waals surface area contributed by atoms with E-state index < -0.39 is 0 Å². The van der Waals surface area contributed by atoms with Gasteiger partial charge < -0.3 is 4.74 Å². The number of aromatic nitrogens is 2. The molecule has 0 atom stereocenters. The Bertz CT molecular complexity index is 793. The summed E-state index contributed by atoms with van der Waals surface area (Å²) in [5.41, 5.74) is 2.99. The topological polar surface area (TPSA) is 44.1 Å². The van der Waals surface area contributed by atoms with Crippen molar-refractivity contribution >= 4 is 22.2 Å². The van der Waals surface area contributed by atoms with Crippen LogP contribution in [0.15, 0.2) is 59.2 Å². The Balaban J connectivity index is 2.03. The first-order valence-electron chi connectivity index (χ1n) is 6.66. The normalized spacial score (nSPS) is 10.5. The molecule has 0 saturated heterocycles. The van der Waals surface area contributed by atoms with E-state index in [0.29, 0.717) is 11.3 Å². The molecule has 3 aromatic rings. The molecule has 110 valence electrons. The van der Waals surface area contributed by atoms with E-state index >= 15 is 0 Å².